The van der Waals surface area contributed by atoms with Crippen molar-refractivity contribution >= 4 is 11.7 Å². The Morgan fingerprint density at radius 2 is 1.65 bits per heavy atom. The molecule has 0 spiro atoms. The van der Waals surface area contributed by atoms with Crippen molar-refractivity contribution in [3.05, 3.63) is 30.3 Å². The van der Waals surface area contributed by atoms with Gasteiger partial charge >= 0.3 is 6.03 Å². The molecule has 1 aliphatic heterocycles. The Labute approximate surface area is 99.8 Å². The molecule has 1 heterocycles. The number of carbonyl (C=O) groups excluding carboxylic acids is 1. The number of hydroxylamine groups is 2. The third-order valence-corrected chi connectivity index (χ3v) is 3.51. The number of carbonyl (C=O) groups is 1. The minimum absolute atomic E-state index is 0.548. The van der Waals surface area contributed by atoms with E-state index in [1.54, 1.807) is 38.1 Å². The molecule has 0 aromatic heterocycles. The van der Waals surface area contributed by atoms with E-state index in [-0.39, 0.29) is 0 Å². The first-order valence-electron chi connectivity index (χ1n) is 5.41. The van der Waals surface area contributed by atoms with Crippen molar-refractivity contribution in [1.29, 1.82) is 0 Å². The van der Waals surface area contributed by atoms with Crippen molar-refractivity contribution in [1.82, 2.24) is 5.06 Å². The second kappa shape index (κ2) is 3.45. The van der Waals surface area contributed by atoms with Gasteiger partial charge < -0.3 is 5.11 Å². The second-order valence-corrected chi connectivity index (χ2v) is 4.85. The maximum absolute atomic E-state index is 12.0. The lowest BCUT2D eigenvalue weighted by Gasteiger charge is -2.37. The largest absolute Gasteiger partial charge is 0.368 e. The fraction of sp³-hybridized carbons (Fsp3) is 0.417. The monoisotopic (exact) mass is 236 g/mol. The molecule has 17 heavy (non-hydrogen) atoms. The van der Waals surface area contributed by atoms with Gasteiger partial charge in [0.1, 0.15) is 5.54 Å². The normalized spacial score (nSPS) is 27.7. The first-order valence-corrected chi connectivity index (χ1v) is 5.41. The van der Waals surface area contributed by atoms with Crippen LogP contribution in [0.4, 0.5) is 10.5 Å². The summed E-state index contributed by atoms with van der Waals surface area (Å²) in [7, 11) is 0. The van der Waals surface area contributed by atoms with Crippen LogP contribution in [0.25, 0.3) is 0 Å². The molecule has 0 saturated carbocycles. The summed E-state index contributed by atoms with van der Waals surface area (Å²) in [5.41, 5.74) is -2.02. The van der Waals surface area contributed by atoms with Crippen molar-refractivity contribution in [2.45, 2.75) is 32.0 Å². The number of amides is 2. The predicted molar refractivity (Wildman–Crippen MR) is 62.6 cm³/mol. The van der Waals surface area contributed by atoms with E-state index < -0.39 is 17.3 Å². The number of rotatable bonds is 1. The Hall–Kier alpha value is -1.59. The van der Waals surface area contributed by atoms with Crippen LogP contribution in [-0.4, -0.2) is 32.7 Å². The zero-order chi connectivity index (χ0) is 12.8. The molecule has 1 saturated heterocycles. The Kier molecular flexibility index (Phi) is 2.41. The number of aliphatic hydroxyl groups is 1. The molecule has 1 unspecified atom stereocenters. The predicted octanol–water partition coefficient (Wildman–Crippen LogP) is 1.80. The van der Waals surface area contributed by atoms with E-state index in [4.69, 9.17) is 0 Å². The Bertz CT molecular complexity index is 442. The van der Waals surface area contributed by atoms with Gasteiger partial charge in [-0.05, 0) is 32.9 Å². The van der Waals surface area contributed by atoms with Crippen LogP contribution in [0.5, 0.6) is 0 Å². The molecule has 0 radical (unpaired) electrons. The molecule has 0 bridgehead atoms. The summed E-state index contributed by atoms with van der Waals surface area (Å²) in [5.74, 6) is 0. The van der Waals surface area contributed by atoms with Crippen molar-refractivity contribution in [3.8, 4) is 0 Å². The third-order valence-electron chi connectivity index (χ3n) is 3.51. The van der Waals surface area contributed by atoms with Crippen LogP contribution in [-0.2, 0) is 0 Å². The number of benzene rings is 1. The summed E-state index contributed by atoms with van der Waals surface area (Å²) in [4.78, 5) is 13.2. The van der Waals surface area contributed by atoms with Crippen LogP contribution in [0.1, 0.15) is 20.8 Å². The number of hydrogen-bond acceptors (Lipinski definition) is 3. The van der Waals surface area contributed by atoms with Crippen molar-refractivity contribution in [3.63, 3.8) is 0 Å². The van der Waals surface area contributed by atoms with Crippen LogP contribution in [0, 0.1) is 0 Å². The number of anilines is 1. The van der Waals surface area contributed by atoms with Gasteiger partial charge in [-0.2, -0.15) is 5.06 Å². The second-order valence-electron chi connectivity index (χ2n) is 4.85. The lowest BCUT2D eigenvalue weighted by atomic mass is 9.92. The first kappa shape index (κ1) is 11.9. The maximum atomic E-state index is 12.0. The highest BCUT2D eigenvalue weighted by molar-refractivity contribution is 5.96. The van der Waals surface area contributed by atoms with Gasteiger partial charge in [0.15, 0.2) is 5.72 Å². The summed E-state index contributed by atoms with van der Waals surface area (Å²) in [6.45, 7) is 4.72. The van der Waals surface area contributed by atoms with Crippen molar-refractivity contribution < 1.29 is 15.1 Å². The highest BCUT2D eigenvalue weighted by Gasteiger charge is 2.60. The maximum Gasteiger partial charge on any atom is 0.351 e. The van der Waals surface area contributed by atoms with Crippen LogP contribution in [0.3, 0.4) is 0 Å². The molecular weight excluding hydrogens is 220 g/mol. The first-order chi connectivity index (χ1) is 7.80. The average Bonchev–Trinajstić information content (AvgIpc) is 2.39. The average molecular weight is 236 g/mol. The fourth-order valence-corrected chi connectivity index (χ4v) is 1.93. The van der Waals surface area contributed by atoms with Gasteiger partial charge in [0.25, 0.3) is 0 Å². The molecule has 2 amide bonds. The van der Waals surface area contributed by atoms with E-state index in [0.29, 0.717) is 10.8 Å². The summed E-state index contributed by atoms with van der Waals surface area (Å²) in [6, 6.07) is 8.15. The zero-order valence-corrected chi connectivity index (χ0v) is 10.1. The van der Waals surface area contributed by atoms with Gasteiger partial charge in [-0.1, -0.05) is 18.2 Å². The number of urea groups is 1. The quantitative estimate of drug-likeness (QED) is 0.731. The Morgan fingerprint density at radius 1 is 1.12 bits per heavy atom. The highest BCUT2D eigenvalue weighted by atomic mass is 16.5. The molecule has 1 aliphatic rings. The molecule has 0 aliphatic carbocycles. The standard InChI is InChI=1S/C12H16N2O3/c1-11(2)12(3,16)13(10(15)14(11)17)9-7-5-4-6-8-9/h4-8,16-17H,1-3H3. The van der Waals surface area contributed by atoms with Gasteiger partial charge in [0.2, 0.25) is 0 Å². The number of hydrogen-bond donors (Lipinski definition) is 2. The summed E-state index contributed by atoms with van der Waals surface area (Å²) in [5, 5.41) is 20.8. The molecule has 2 rings (SSSR count). The molecule has 2 N–H and O–H groups in total. The third kappa shape index (κ3) is 1.43. The lowest BCUT2D eigenvalue weighted by Crippen LogP contribution is -2.56. The zero-order valence-electron chi connectivity index (χ0n) is 10.1. The van der Waals surface area contributed by atoms with Crippen LogP contribution >= 0.6 is 0 Å². The SMILES string of the molecule is CC1(C)N(O)C(=O)N(c2ccccc2)C1(C)O. The topological polar surface area (TPSA) is 64.0 Å². The highest BCUT2D eigenvalue weighted by Crippen LogP contribution is 2.41. The summed E-state index contributed by atoms with van der Waals surface area (Å²) >= 11 is 0. The number of nitrogens with zero attached hydrogens (tertiary/aromatic N) is 2. The van der Waals surface area contributed by atoms with Gasteiger partial charge in [0, 0.05) is 5.69 Å². The van der Waals surface area contributed by atoms with E-state index in [9.17, 15) is 15.1 Å². The van der Waals surface area contributed by atoms with Gasteiger partial charge in [-0.15, -0.1) is 0 Å². The van der Waals surface area contributed by atoms with E-state index in [1.807, 2.05) is 6.07 Å². The van der Waals surface area contributed by atoms with Gasteiger partial charge in [-0.25, -0.2) is 4.79 Å². The Morgan fingerprint density at radius 3 is 2.06 bits per heavy atom. The van der Waals surface area contributed by atoms with Crippen LogP contribution in [0.15, 0.2) is 30.3 Å². The molecular formula is C12H16N2O3. The molecule has 92 valence electrons. The smallest absolute Gasteiger partial charge is 0.351 e. The molecule has 1 fully saturated rings. The van der Waals surface area contributed by atoms with Crippen LogP contribution < -0.4 is 4.90 Å². The molecule has 5 nitrogen and oxygen atoms in total. The minimum atomic E-state index is -1.49. The molecule has 1 atom stereocenters. The molecule has 5 heteroatoms. The van der Waals surface area contributed by atoms with E-state index in [2.05, 4.69) is 0 Å². The van der Waals surface area contributed by atoms with Crippen molar-refractivity contribution in [2.24, 2.45) is 0 Å². The summed E-state index contributed by atoms with van der Waals surface area (Å²) in [6.07, 6.45) is 0. The number of para-hydroxylation sites is 1. The molecule has 1 aromatic carbocycles. The van der Waals surface area contributed by atoms with Gasteiger partial charge in [-0.3, -0.25) is 10.1 Å². The van der Waals surface area contributed by atoms with E-state index in [1.165, 1.54) is 11.8 Å². The van der Waals surface area contributed by atoms with E-state index >= 15 is 0 Å². The fourth-order valence-electron chi connectivity index (χ4n) is 1.93. The van der Waals surface area contributed by atoms with E-state index in [0.717, 1.165) is 0 Å². The van der Waals surface area contributed by atoms with Crippen LogP contribution in [0.2, 0.25) is 0 Å². The van der Waals surface area contributed by atoms with Crippen molar-refractivity contribution in [2.75, 3.05) is 4.90 Å². The Balaban J connectivity index is 2.53. The lowest BCUT2D eigenvalue weighted by molar-refractivity contribution is -0.149. The molecule has 1 aromatic rings. The van der Waals surface area contributed by atoms with Gasteiger partial charge in [0.05, 0.1) is 0 Å². The minimum Gasteiger partial charge on any atom is -0.368 e. The summed E-state index contributed by atoms with van der Waals surface area (Å²) < 4.78 is 0.